The third kappa shape index (κ3) is 4.22. The van der Waals surface area contributed by atoms with Gasteiger partial charge in [0.2, 0.25) is 5.95 Å². The number of aromatic hydroxyl groups is 1. The summed E-state index contributed by atoms with van der Waals surface area (Å²) in [7, 11) is 0. The molecule has 0 amide bonds. The van der Waals surface area contributed by atoms with E-state index in [9.17, 15) is 5.11 Å². The van der Waals surface area contributed by atoms with Crippen LogP contribution in [-0.2, 0) is 4.74 Å². The molecule has 9 nitrogen and oxygen atoms in total. The average Bonchev–Trinajstić information content (AvgIpc) is 2.80. The highest BCUT2D eigenvalue weighted by Gasteiger charge is 2.17. The van der Waals surface area contributed by atoms with Crippen molar-refractivity contribution in [2.45, 2.75) is 6.92 Å². The number of morpholine rings is 1. The number of aryl methyl sites for hydroxylation is 1. The summed E-state index contributed by atoms with van der Waals surface area (Å²) in [6, 6.07) is 8.88. The second kappa shape index (κ2) is 8.11. The van der Waals surface area contributed by atoms with Gasteiger partial charge in [0.05, 0.1) is 36.3 Å². The first-order chi connectivity index (χ1) is 15.1. The molecular formula is C22H21N7O2. The Morgan fingerprint density at radius 2 is 1.77 bits per heavy atom. The fraction of sp³-hybridized carbons (Fsp3) is 0.227. The molecule has 1 aromatic carbocycles. The van der Waals surface area contributed by atoms with E-state index >= 15 is 0 Å². The Hall–Kier alpha value is -3.85. The standard InChI is InChI=1S/C22H21N7O2/c1-14-23-11-16(12-24-14)20-10-21(28-22(27-20)29-4-6-31-7-5-29)26-17-8-15-9-18(30)2-3-19(15)25-13-17/h2-3,8-13,30H,4-7H2,1H3,(H,26,27,28). The van der Waals surface area contributed by atoms with Crippen molar-refractivity contribution >= 4 is 28.4 Å². The van der Waals surface area contributed by atoms with Gasteiger partial charge in [0.15, 0.2) is 0 Å². The number of phenols is 1. The zero-order valence-corrected chi connectivity index (χ0v) is 17.0. The highest BCUT2D eigenvalue weighted by atomic mass is 16.5. The van der Waals surface area contributed by atoms with Crippen LogP contribution in [-0.4, -0.2) is 56.3 Å². The number of anilines is 3. The van der Waals surface area contributed by atoms with Crippen LogP contribution < -0.4 is 10.2 Å². The summed E-state index contributed by atoms with van der Waals surface area (Å²) in [6.45, 7) is 4.58. The van der Waals surface area contributed by atoms with Gasteiger partial charge in [-0.15, -0.1) is 0 Å². The molecule has 1 fully saturated rings. The largest absolute Gasteiger partial charge is 0.508 e. The Balaban J connectivity index is 1.53. The van der Waals surface area contributed by atoms with E-state index in [4.69, 9.17) is 14.7 Å². The molecule has 5 rings (SSSR count). The fourth-order valence-electron chi connectivity index (χ4n) is 3.41. The molecule has 4 heterocycles. The monoisotopic (exact) mass is 415 g/mol. The van der Waals surface area contributed by atoms with Gasteiger partial charge in [0.25, 0.3) is 0 Å². The molecule has 0 bridgehead atoms. The van der Waals surface area contributed by atoms with E-state index in [0.29, 0.717) is 30.8 Å². The number of nitrogens with one attached hydrogen (secondary N) is 1. The fourth-order valence-corrected chi connectivity index (χ4v) is 3.41. The Morgan fingerprint density at radius 3 is 2.58 bits per heavy atom. The van der Waals surface area contributed by atoms with Crippen molar-refractivity contribution in [1.82, 2.24) is 24.9 Å². The minimum absolute atomic E-state index is 0.199. The predicted octanol–water partition coefficient (Wildman–Crippen LogP) is 3.08. The highest BCUT2D eigenvalue weighted by molar-refractivity contribution is 5.83. The molecule has 9 heteroatoms. The van der Waals surface area contributed by atoms with E-state index < -0.39 is 0 Å². The molecule has 1 saturated heterocycles. The second-order valence-corrected chi connectivity index (χ2v) is 7.28. The van der Waals surface area contributed by atoms with Crippen molar-refractivity contribution in [2.24, 2.45) is 0 Å². The SMILES string of the molecule is Cc1ncc(-c2cc(Nc3cnc4ccc(O)cc4c3)nc(N3CCOCC3)n2)cn1. The van der Waals surface area contributed by atoms with Gasteiger partial charge in [-0.2, -0.15) is 4.98 Å². The Labute approximate surface area is 178 Å². The number of ether oxygens (including phenoxy) is 1. The maximum Gasteiger partial charge on any atom is 0.228 e. The maximum absolute atomic E-state index is 9.78. The lowest BCUT2D eigenvalue weighted by molar-refractivity contribution is 0.122. The van der Waals surface area contributed by atoms with Gasteiger partial charge >= 0.3 is 0 Å². The van der Waals surface area contributed by atoms with Crippen LogP contribution in [0.4, 0.5) is 17.5 Å². The van der Waals surface area contributed by atoms with Gasteiger partial charge in [0.1, 0.15) is 17.4 Å². The first-order valence-electron chi connectivity index (χ1n) is 10.0. The van der Waals surface area contributed by atoms with Crippen molar-refractivity contribution in [1.29, 1.82) is 0 Å². The summed E-state index contributed by atoms with van der Waals surface area (Å²) >= 11 is 0. The first kappa shape index (κ1) is 19.1. The minimum Gasteiger partial charge on any atom is -0.508 e. The van der Waals surface area contributed by atoms with Crippen LogP contribution in [0.5, 0.6) is 5.75 Å². The number of benzene rings is 1. The third-order valence-electron chi connectivity index (χ3n) is 5.02. The Morgan fingerprint density at radius 1 is 0.968 bits per heavy atom. The van der Waals surface area contributed by atoms with E-state index in [2.05, 4.69) is 25.2 Å². The molecule has 156 valence electrons. The molecule has 1 aliphatic rings. The number of phenolic OH excluding ortho intramolecular Hbond substituents is 1. The number of hydrogen-bond donors (Lipinski definition) is 2. The van der Waals surface area contributed by atoms with Crippen LogP contribution in [0.25, 0.3) is 22.2 Å². The van der Waals surface area contributed by atoms with Crippen LogP contribution in [0.1, 0.15) is 5.82 Å². The van der Waals surface area contributed by atoms with E-state index in [1.165, 1.54) is 0 Å². The van der Waals surface area contributed by atoms with E-state index in [0.717, 1.165) is 40.9 Å². The lowest BCUT2D eigenvalue weighted by Gasteiger charge is -2.27. The maximum atomic E-state index is 9.78. The first-order valence-corrected chi connectivity index (χ1v) is 10.0. The van der Waals surface area contributed by atoms with Crippen molar-refractivity contribution in [3.05, 3.63) is 54.7 Å². The van der Waals surface area contributed by atoms with Crippen LogP contribution >= 0.6 is 0 Å². The van der Waals surface area contributed by atoms with Gasteiger partial charge in [-0.3, -0.25) is 4.98 Å². The molecule has 4 aromatic rings. The molecule has 0 saturated carbocycles. The summed E-state index contributed by atoms with van der Waals surface area (Å²) in [5, 5.41) is 13.9. The Kier molecular flexibility index (Phi) is 5.01. The number of hydrogen-bond acceptors (Lipinski definition) is 9. The topological polar surface area (TPSA) is 109 Å². The van der Waals surface area contributed by atoms with Gasteiger partial charge in [0, 0.05) is 42.5 Å². The van der Waals surface area contributed by atoms with Crippen LogP contribution in [0.2, 0.25) is 0 Å². The van der Waals surface area contributed by atoms with E-state index in [1.54, 1.807) is 36.8 Å². The molecule has 31 heavy (non-hydrogen) atoms. The van der Waals surface area contributed by atoms with Crippen molar-refractivity contribution in [2.75, 3.05) is 36.5 Å². The summed E-state index contributed by atoms with van der Waals surface area (Å²) in [5.41, 5.74) is 3.10. The molecule has 3 aromatic heterocycles. The average molecular weight is 415 g/mol. The minimum atomic E-state index is 0.199. The van der Waals surface area contributed by atoms with Crippen molar-refractivity contribution < 1.29 is 9.84 Å². The summed E-state index contributed by atoms with van der Waals surface area (Å²) in [4.78, 5) is 24.6. The van der Waals surface area contributed by atoms with Gasteiger partial charge < -0.3 is 20.1 Å². The molecule has 2 N–H and O–H groups in total. The van der Waals surface area contributed by atoms with E-state index in [1.807, 2.05) is 19.1 Å². The van der Waals surface area contributed by atoms with Crippen LogP contribution in [0.15, 0.2) is 48.9 Å². The summed E-state index contributed by atoms with van der Waals surface area (Å²) < 4.78 is 5.46. The second-order valence-electron chi connectivity index (χ2n) is 7.28. The number of pyridine rings is 1. The smallest absolute Gasteiger partial charge is 0.228 e. The lowest BCUT2D eigenvalue weighted by Crippen LogP contribution is -2.37. The summed E-state index contributed by atoms with van der Waals surface area (Å²) in [6.07, 6.45) is 5.26. The van der Waals surface area contributed by atoms with Crippen molar-refractivity contribution in [3.8, 4) is 17.0 Å². The van der Waals surface area contributed by atoms with E-state index in [-0.39, 0.29) is 5.75 Å². The molecule has 0 atom stereocenters. The van der Waals surface area contributed by atoms with Gasteiger partial charge in [-0.05, 0) is 31.2 Å². The number of nitrogens with zero attached hydrogens (tertiary/aromatic N) is 6. The van der Waals surface area contributed by atoms with Crippen LogP contribution in [0.3, 0.4) is 0 Å². The summed E-state index contributed by atoms with van der Waals surface area (Å²) in [5.74, 6) is 2.16. The molecule has 0 unspecified atom stereocenters. The number of fused-ring (bicyclic) bond motifs is 1. The van der Waals surface area contributed by atoms with Gasteiger partial charge in [-0.25, -0.2) is 15.0 Å². The van der Waals surface area contributed by atoms with Crippen molar-refractivity contribution in [3.63, 3.8) is 0 Å². The Bertz CT molecular complexity index is 1220. The van der Waals surface area contributed by atoms with Crippen LogP contribution in [0, 0.1) is 6.92 Å². The lowest BCUT2D eigenvalue weighted by atomic mass is 10.2. The number of rotatable bonds is 4. The number of aromatic nitrogens is 5. The predicted molar refractivity (Wildman–Crippen MR) is 118 cm³/mol. The third-order valence-corrected chi connectivity index (χ3v) is 5.02. The zero-order chi connectivity index (χ0) is 21.2. The zero-order valence-electron chi connectivity index (χ0n) is 17.0. The quantitative estimate of drug-likeness (QED) is 0.520. The molecule has 1 aliphatic heterocycles. The molecular weight excluding hydrogens is 394 g/mol. The molecule has 0 radical (unpaired) electrons. The molecule has 0 aliphatic carbocycles. The normalized spacial score (nSPS) is 14.0. The molecule has 0 spiro atoms. The highest BCUT2D eigenvalue weighted by Crippen LogP contribution is 2.27. The van der Waals surface area contributed by atoms with Gasteiger partial charge in [-0.1, -0.05) is 0 Å².